The topological polar surface area (TPSA) is 29.5 Å². The number of rotatable bonds is 4. The zero-order valence-corrected chi connectivity index (χ0v) is 14.1. The summed E-state index contributed by atoms with van der Waals surface area (Å²) >= 11 is 6.10. The number of benzene rings is 1. The summed E-state index contributed by atoms with van der Waals surface area (Å²) in [4.78, 5) is 0. The second-order valence-corrected chi connectivity index (χ2v) is 7.23. The molecule has 0 aliphatic heterocycles. The third kappa shape index (κ3) is 4.37. The van der Waals surface area contributed by atoms with Crippen molar-refractivity contribution in [2.45, 2.75) is 58.0 Å². The quantitative estimate of drug-likeness (QED) is 0.805. The van der Waals surface area contributed by atoms with Gasteiger partial charge in [-0.25, -0.2) is 0 Å². The molecule has 2 atom stereocenters. The first-order valence-corrected chi connectivity index (χ1v) is 8.36. The number of methoxy groups -OCH3 is 1. The molecule has 1 aromatic carbocycles. The van der Waals surface area contributed by atoms with Crippen LogP contribution in [0.5, 0.6) is 5.75 Å². The van der Waals surface area contributed by atoms with Gasteiger partial charge in [-0.3, -0.25) is 0 Å². The lowest BCUT2D eigenvalue weighted by molar-refractivity contribution is 0.0232. The number of aliphatic hydroxyl groups is 1. The molecule has 2 unspecified atom stereocenters. The van der Waals surface area contributed by atoms with E-state index in [1.807, 2.05) is 18.2 Å². The molecule has 1 saturated carbocycles. The van der Waals surface area contributed by atoms with Crippen LogP contribution in [-0.2, 0) is 6.42 Å². The number of halogens is 1. The molecule has 2 nitrogen and oxygen atoms in total. The van der Waals surface area contributed by atoms with Gasteiger partial charge in [-0.15, -0.1) is 0 Å². The highest BCUT2D eigenvalue weighted by molar-refractivity contribution is 6.30. The molecule has 0 aromatic heterocycles. The van der Waals surface area contributed by atoms with Crippen molar-refractivity contribution in [3.05, 3.63) is 28.8 Å². The Kier molecular flexibility index (Phi) is 5.56. The Balaban J connectivity index is 2.12. The smallest absolute Gasteiger partial charge is 0.122 e. The summed E-state index contributed by atoms with van der Waals surface area (Å²) < 4.78 is 5.41. The number of hydrogen-bond acceptors (Lipinski definition) is 2. The Morgan fingerprint density at radius 3 is 2.76 bits per heavy atom. The first-order valence-electron chi connectivity index (χ1n) is 7.98. The van der Waals surface area contributed by atoms with E-state index in [1.54, 1.807) is 7.11 Å². The molecule has 21 heavy (non-hydrogen) atoms. The van der Waals surface area contributed by atoms with E-state index in [0.717, 1.165) is 42.9 Å². The highest BCUT2D eigenvalue weighted by atomic mass is 35.5. The standard InChI is InChI=1S/C18H27ClO2/c1-13(2)14-5-4-9-18(20,10-8-14)12-15-11-16(19)6-7-17(15)21-3/h6-7,11,13-14,20H,4-5,8-10,12H2,1-3H3. The van der Waals surface area contributed by atoms with Crippen molar-refractivity contribution in [1.82, 2.24) is 0 Å². The van der Waals surface area contributed by atoms with Crippen LogP contribution in [0.2, 0.25) is 5.02 Å². The first-order chi connectivity index (χ1) is 9.93. The van der Waals surface area contributed by atoms with Gasteiger partial charge in [0.25, 0.3) is 0 Å². The molecule has 0 bridgehead atoms. The Morgan fingerprint density at radius 2 is 2.10 bits per heavy atom. The molecule has 1 aliphatic carbocycles. The summed E-state index contributed by atoms with van der Waals surface area (Å²) in [7, 11) is 1.67. The molecule has 1 N–H and O–H groups in total. The number of hydrogen-bond donors (Lipinski definition) is 1. The van der Waals surface area contributed by atoms with Gasteiger partial charge in [0.15, 0.2) is 0 Å². The summed E-state index contributed by atoms with van der Waals surface area (Å²) in [5.74, 6) is 2.26. The van der Waals surface area contributed by atoms with Gasteiger partial charge in [0.05, 0.1) is 12.7 Å². The zero-order chi connectivity index (χ0) is 15.5. The Hall–Kier alpha value is -0.730. The second-order valence-electron chi connectivity index (χ2n) is 6.79. The third-order valence-corrected chi connectivity index (χ3v) is 5.14. The Morgan fingerprint density at radius 1 is 1.33 bits per heavy atom. The fourth-order valence-corrected chi connectivity index (χ4v) is 3.69. The molecule has 0 saturated heterocycles. The van der Waals surface area contributed by atoms with Crippen LogP contribution in [0.4, 0.5) is 0 Å². The molecule has 1 fully saturated rings. The SMILES string of the molecule is COc1ccc(Cl)cc1CC1(O)CCCC(C(C)C)CC1. The van der Waals surface area contributed by atoms with Gasteiger partial charge in [-0.05, 0) is 54.9 Å². The summed E-state index contributed by atoms with van der Waals surface area (Å²) in [6, 6.07) is 5.63. The Labute approximate surface area is 133 Å². The largest absolute Gasteiger partial charge is 0.496 e. The van der Waals surface area contributed by atoms with Crippen LogP contribution in [0.3, 0.4) is 0 Å². The van der Waals surface area contributed by atoms with Crippen molar-refractivity contribution in [2.75, 3.05) is 7.11 Å². The minimum absolute atomic E-state index is 0.623. The fourth-order valence-electron chi connectivity index (χ4n) is 3.50. The molecule has 0 spiro atoms. The monoisotopic (exact) mass is 310 g/mol. The zero-order valence-electron chi connectivity index (χ0n) is 13.4. The molecule has 0 radical (unpaired) electrons. The lowest BCUT2D eigenvalue weighted by atomic mass is 9.85. The fraction of sp³-hybridized carbons (Fsp3) is 0.667. The second kappa shape index (κ2) is 7.02. The van der Waals surface area contributed by atoms with Crippen LogP contribution >= 0.6 is 11.6 Å². The van der Waals surface area contributed by atoms with Crippen molar-refractivity contribution in [2.24, 2.45) is 11.8 Å². The van der Waals surface area contributed by atoms with Crippen molar-refractivity contribution < 1.29 is 9.84 Å². The van der Waals surface area contributed by atoms with Crippen LogP contribution in [0, 0.1) is 11.8 Å². The normalized spacial score (nSPS) is 26.7. The maximum absolute atomic E-state index is 11.0. The van der Waals surface area contributed by atoms with Crippen molar-refractivity contribution in [3.8, 4) is 5.75 Å². The summed E-state index contributed by atoms with van der Waals surface area (Å²) in [5, 5.41) is 11.7. The molecule has 3 heteroatoms. The maximum atomic E-state index is 11.0. The molecule has 1 aliphatic rings. The molecular weight excluding hydrogens is 284 g/mol. The van der Waals surface area contributed by atoms with E-state index >= 15 is 0 Å². The maximum Gasteiger partial charge on any atom is 0.122 e. The van der Waals surface area contributed by atoms with Crippen LogP contribution in [-0.4, -0.2) is 17.8 Å². The number of ether oxygens (including phenoxy) is 1. The predicted molar refractivity (Wildman–Crippen MR) is 88.1 cm³/mol. The molecular formula is C18H27ClO2. The highest BCUT2D eigenvalue weighted by Gasteiger charge is 2.32. The third-order valence-electron chi connectivity index (χ3n) is 4.90. The van der Waals surface area contributed by atoms with Crippen molar-refractivity contribution in [1.29, 1.82) is 0 Å². The first kappa shape index (κ1) is 16.6. The van der Waals surface area contributed by atoms with E-state index in [1.165, 1.54) is 6.42 Å². The van der Waals surface area contributed by atoms with Crippen molar-refractivity contribution in [3.63, 3.8) is 0 Å². The van der Waals surface area contributed by atoms with Crippen LogP contribution in [0.15, 0.2) is 18.2 Å². The van der Waals surface area contributed by atoms with Crippen LogP contribution in [0.1, 0.15) is 51.5 Å². The van der Waals surface area contributed by atoms with Gasteiger partial charge in [-0.1, -0.05) is 38.3 Å². The highest BCUT2D eigenvalue weighted by Crippen LogP contribution is 2.37. The summed E-state index contributed by atoms with van der Waals surface area (Å²) in [6.45, 7) is 4.57. The van der Waals surface area contributed by atoms with Gasteiger partial charge in [-0.2, -0.15) is 0 Å². The van der Waals surface area contributed by atoms with E-state index < -0.39 is 5.60 Å². The van der Waals surface area contributed by atoms with E-state index in [4.69, 9.17) is 16.3 Å². The molecule has 0 amide bonds. The molecule has 118 valence electrons. The average Bonchev–Trinajstić information content (AvgIpc) is 2.61. The molecule has 2 rings (SSSR count). The van der Waals surface area contributed by atoms with Gasteiger partial charge in [0.1, 0.15) is 5.75 Å². The Bertz CT molecular complexity index is 472. The minimum Gasteiger partial charge on any atom is -0.496 e. The lowest BCUT2D eigenvalue weighted by Crippen LogP contribution is -2.31. The van der Waals surface area contributed by atoms with Gasteiger partial charge in [0, 0.05) is 11.4 Å². The molecule has 1 aromatic rings. The van der Waals surface area contributed by atoms with Gasteiger partial charge in [0.2, 0.25) is 0 Å². The lowest BCUT2D eigenvalue weighted by Gasteiger charge is -2.28. The van der Waals surface area contributed by atoms with E-state index in [2.05, 4.69) is 13.8 Å². The van der Waals surface area contributed by atoms with Crippen LogP contribution < -0.4 is 4.74 Å². The predicted octanol–water partition coefficient (Wildman–Crippen LogP) is 4.86. The van der Waals surface area contributed by atoms with E-state index in [9.17, 15) is 5.11 Å². The van der Waals surface area contributed by atoms with Gasteiger partial charge >= 0.3 is 0 Å². The summed E-state index contributed by atoms with van der Waals surface area (Å²) in [6.07, 6.45) is 5.80. The molecule has 0 heterocycles. The van der Waals surface area contributed by atoms with Crippen molar-refractivity contribution >= 4 is 11.6 Å². The van der Waals surface area contributed by atoms with Crippen LogP contribution in [0.25, 0.3) is 0 Å². The van der Waals surface area contributed by atoms with E-state index in [0.29, 0.717) is 17.4 Å². The van der Waals surface area contributed by atoms with Gasteiger partial charge < -0.3 is 9.84 Å². The average molecular weight is 311 g/mol. The summed E-state index contributed by atoms with van der Waals surface area (Å²) in [5.41, 5.74) is 0.386. The van der Waals surface area contributed by atoms with E-state index in [-0.39, 0.29) is 0 Å². The minimum atomic E-state index is -0.623.